The molecule has 0 N–H and O–H groups in total. The number of rotatable bonds is 3. The van der Waals surface area contributed by atoms with Crippen LogP contribution in [-0.2, 0) is 64.7 Å². The van der Waals surface area contributed by atoms with Gasteiger partial charge in [-0.25, -0.2) is 6.08 Å². The number of hydrogen-bond acceptors (Lipinski definition) is 0. The molecule has 0 heterocycles. The van der Waals surface area contributed by atoms with Gasteiger partial charge in [0, 0.05) is 0 Å². The van der Waals surface area contributed by atoms with Gasteiger partial charge in [-0.15, -0.1) is 16.7 Å². The molecule has 332 valence electrons. The van der Waals surface area contributed by atoms with E-state index in [1.54, 1.807) is 0 Å². The molecule has 2 aliphatic carbocycles. The first-order valence-electron chi connectivity index (χ1n) is 21.6. The summed E-state index contributed by atoms with van der Waals surface area (Å²) in [6.45, 7) is 36.9. The van der Waals surface area contributed by atoms with Crippen LogP contribution in [0, 0.1) is 23.5 Å². The number of halogens is 6. The van der Waals surface area contributed by atoms with E-state index >= 15 is 0 Å². The van der Waals surface area contributed by atoms with Gasteiger partial charge in [0.05, 0.1) is 0 Å². The quantitative estimate of drug-likeness (QED) is 0.125. The molecule has 1 atom stereocenters. The number of hydrogen-bond donors (Lipinski definition) is 0. The van der Waals surface area contributed by atoms with E-state index in [-0.39, 0.29) is 32.8 Å². The summed E-state index contributed by atoms with van der Waals surface area (Å²) in [7, 11) is 0. The number of alkyl halides is 6. The van der Waals surface area contributed by atoms with Crippen LogP contribution in [0.2, 0.25) is 0 Å². The zero-order valence-corrected chi connectivity index (χ0v) is 42.2. The van der Waals surface area contributed by atoms with Crippen molar-refractivity contribution in [3.8, 4) is 11.1 Å². The third kappa shape index (κ3) is 12.7. The van der Waals surface area contributed by atoms with E-state index in [0.29, 0.717) is 14.5 Å². The SMILES string of the molecule is CC(C)(C)c1[c-]c2c(cc1C(C)(C)C)-c1cc(C(C)(C)C)c(C(C)(C)C)cc1C2.CCC1[C-]=CC(C(C)(C)C)=C1.FC(F)(F)c1cccc([C](=[Zr+2])c2cccc(C(F)(F)F)c2)c1. The summed E-state index contributed by atoms with van der Waals surface area (Å²) in [5.74, 6) is 0.573. The third-order valence-electron chi connectivity index (χ3n) is 11.3. The molecule has 0 bridgehead atoms. The molecule has 0 aliphatic heterocycles. The molecule has 0 saturated heterocycles. The Morgan fingerprint density at radius 2 is 1.03 bits per heavy atom. The van der Waals surface area contributed by atoms with Crippen LogP contribution in [0.15, 0.2) is 84.5 Å². The Morgan fingerprint density at radius 1 is 0.581 bits per heavy atom. The molecule has 62 heavy (non-hydrogen) atoms. The maximum absolute atomic E-state index is 12.7. The molecule has 4 aromatic carbocycles. The van der Waals surface area contributed by atoms with Crippen molar-refractivity contribution in [3.63, 3.8) is 0 Å². The summed E-state index contributed by atoms with van der Waals surface area (Å²) in [5, 5.41) is 0. The molecule has 6 rings (SSSR count). The van der Waals surface area contributed by atoms with Crippen LogP contribution < -0.4 is 0 Å². The molecule has 0 fully saturated rings. The van der Waals surface area contributed by atoms with Crippen molar-refractivity contribution in [1.29, 1.82) is 0 Å². The predicted molar refractivity (Wildman–Crippen MR) is 244 cm³/mol. The van der Waals surface area contributed by atoms with Crippen LogP contribution >= 0.6 is 0 Å². The number of allylic oxidation sites excluding steroid dienone is 4. The average Bonchev–Trinajstić information content (AvgIpc) is 3.77. The minimum atomic E-state index is -4.49. The van der Waals surface area contributed by atoms with Gasteiger partial charge < -0.3 is 0 Å². The van der Waals surface area contributed by atoms with Crippen molar-refractivity contribution in [2.75, 3.05) is 0 Å². The summed E-state index contributed by atoms with van der Waals surface area (Å²) < 4.78 is 76.7. The Labute approximate surface area is 384 Å². The second kappa shape index (κ2) is 18.3. The van der Waals surface area contributed by atoms with Gasteiger partial charge in [-0.05, 0) is 39.4 Å². The Hall–Kier alpha value is -3.31. The van der Waals surface area contributed by atoms with Gasteiger partial charge in [-0.2, -0.15) is 29.3 Å². The second-order valence-electron chi connectivity index (χ2n) is 21.9. The fourth-order valence-corrected chi connectivity index (χ4v) is 8.47. The van der Waals surface area contributed by atoms with E-state index in [1.807, 2.05) is 0 Å². The molecular formula is C55H66F6Zr. The maximum atomic E-state index is 12.7. The van der Waals surface area contributed by atoms with E-state index in [1.165, 1.54) is 80.8 Å². The molecule has 0 spiro atoms. The van der Waals surface area contributed by atoms with Crippen molar-refractivity contribution < 1.29 is 50.6 Å². The van der Waals surface area contributed by atoms with E-state index < -0.39 is 23.5 Å². The average molecular weight is 932 g/mol. The fourth-order valence-electron chi connectivity index (χ4n) is 7.71. The molecule has 0 aromatic heterocycles. The zero-order valence-electron chi connectivity index (χ0n) is 39.8. The van der Waals surface area contributed by atoms with E-state index in [2.05, 4.69) is 153 Å². The van der Waals surface area contributed by atoms with Gasteiger partial charge in [0.15, 0.2) is 0 Å². The monoisotopic (exact) mass is 930 g/mol. The predicted octanol–water partition coefficient (Wildman–Crippen LogP) is 16.4. The first kappa shape index (κ1) is 51.3. The van der Waals surface area contributed by atoms with Crippen LogP contribution in [0.3, 0.4) is 0 Å². The van der Waals surface area contributed by atoms with Crippen LogP contribution in [0.25, 0.3) is 11.1 Å². The number of fused-ring (bicyclic) bond motifs is 3. The van der Waals surface area contributed by atoms with Gasteiger partial charge in [-0.1, -0.05) is 152 Å². The zero-order chi connectivity index (χ0) is 47.2. The molecule has 0 radical (unpaired) electrons. The molecule has 7 heteroatoms. The summed E-state index contributed by atoms with van der Waals surface area (Å²) >= 11 is 0.729. The van der Waals surface area contributed by atoms with Crippen LogP contribution in [0.1, 0.15) is 173 Å². The van der Waals surface area contributed by atoms with Crippen molar-refractivity contribution in [2.45, 2.75) is 158 Å². The molecule has 0 nitrogen and oxygen atoms in total. The first-order chi connectivity index (χ1) is 28.0. The van der Waals surface area contributed by atoms with E-state index in [0.717, 1.165) is 54.9 Å². The standard InChI is InChI=1S/C29H41.C15H8F6.C11H17.Zr/c1-26(2,3)22-14-18-13-19-15-23(27(4,5)6)25(29(10,11)12)17-21(19)20(18)16-24(22)28(7,8)9;16-14(17,18)12-5-1-3-10(8-12)7-11-4-2-6-13(9-11)15(19,20)21;1-5-9-6-7-10(8-9)11(2,3)4;/h14,16-17H,13H2,1-12H3;1-6,8-9H;7-9H,5H2,1-4H3;/q-1;;-1;+2. The van der Waals surface area contributed by atoms with Gasteiger partial charge in [0.1, 0.15) is 0 Å². The number of benzene rings is 4. The Morgan fingerprint density at radius 3 is 1.40 bits per heavy atom. The van der Waals surface area contributed by atoms with Crippen LogP contribution in [0.4, 0.5) is 26.3 Å². The Bertz CT molecular complexity index is 2180. The third-order valence-corrected chi connectivity index (χ3v) is 12.7. The molecular weight excluding hydrogens is 866 g/mol. The Balaban J connectivity index is 0.000000225. The van der Waals surface area contributed by atoms with Gasteiger partial charge >= 0.3 is 137 Å². The van der Waals surface area contributed by atoms with Gasteiger partial charge in [-0.3, -0.25) is 6.08 Å². The molecule has 2 aliphatic rings. The van der Waals surface area contributed by atoms with E-state index in [4.69, 9.17) is 0 Å². The van der Waals surface area contributed by atoms with Gasteiger partial charge in [0.25, 0.3) is 0 Å². The van der Waals surface area contributed by atoms with Crippen molar-refractivity contribution in [3.05, 3.63) is 152 Å². The molecule has 4 aromatic rings. The first-order valence-corrected chi connectivity index (χ1v) is 22.8. The Kier molecular flexibility index (Phi) is 15.1. The van der Waals surface area contributed by atoms with Crippen molar-refractivity contribution in [1.82, 2.24) is 0 Å². The molecule has 0 saturated carbocycles. The van der Waals surface area contributed by atoms with Crippen molar-refractivity contribution in [2.24, 2.45) is 11.3 Å². The van der Waals surface area contributed by atoms with E-state index in [9.17, 15) is 26.3 Å². The summed E-state index contributed by atoms with van der Waals surface area (Å²) in [6.07, 6.45) is 1.04. The van der Waals surface area contributed by atoms with Crippen molar-refractivity contribution >= 4 is 3.21 Å². The summed E-state index contributed by atoms with van der Waals surface area (Å²) in [4.78, 5) is 0. The normalized spacial score (nSPS) is 15.5. The fraction of sp³-hybridized carbons (Fsp3) is 0.473. The minimum absolute atomic E-state index is 0.0968. The summed E-state index contributed by atoms with van der Waals surface area (Å²) in [5.41, 5.74) is 12.6. The summed E-state index contributed by atoms with van der Waals surface area (Å²) in [6, 6.07) is 20.6. The van der Waals surface area contributed by atoms with Crippen LogP contribution in [-0.4, -0.2) is 3.21 Å². The van der Waals surface area contributed by atoms with Crippen LogP contribution in [0.5, 0.6) is 0 Å². The topological polar surface area (TPSA) is 0 Å². The second-order valence-corrected chi connectivity index (χ2v) is 23.1. The molecule has 1 unspecified atom stereocenters. The molecule has 0 amide bonds. The van der Waals surface area contributed by atoms with Gasteiger partial charge in [0.2, 0.25) is 0 Å².